The molecule has 2 N–H and O–H groups in total. The van der Waals surface area contributed by atoms with E-state index in [4.69, 9.17) is 10.5 Å². The number of carbonyl (C=O) groups is 1. The number of nitrogens with zero attached hydrogens (tertiary/aromatic N) is 3. The van der Waals surface area contributed by atoms with Gasteiger partial charge in [-0.2, -0.15) is 0 Å². The number of ether oxygens (including phenoxy) is 1. The Labute approximate surface area is 129 Å². The van der Waals surface area contributed by atoms with Crippen LogP contribution in [0.2, 0.25) is 0 Å². The molecule has 116 valence electrons. The van der Waals surface area contributed by atoms with Crippen molar-refractivity contribution in [3.05, 3.63) is 30.5 Å². The molecular weight excluding hydrogens is 280 g/mol. The van der Waals surface area contributed by atoms with Crippen LogP contribution in [0.5, 0.6) is 0 Å². The number of piperazine rings is 1. The quantitative estimate of drug-likeness (QED) is 0.860. The van der Waals surface area contributed by atoms with Gasteiger partial charge in [0.05, 0.1) is 6.61 Å². The van der Waals surface area contributed by atoms with Crippen LogP contribution in [0.25, 0.3) is 10.8 Å². The molecule has 1 aliphatic heterocycles. The fourth-order valence-electron chi connectivity index (χ4n) is 2.79. The van der Waals surface area contributed by atoms with Crippen LogP contribution in [0.4, 0.5) is 16.3 Å². The highest BCUT2D eigenvalue weighted by Gasteiger charge is 2.24. The third-order valence-corrected chi connectivity index (χ3v) is 3.91. The lowest BCUT2D eigenvalue weighted by Gasteiger charge is -2.35. The van der Waals surface area contributed by atoms with E-state index in [9.17, 15) is 4.79 Å². The second-order valence-corrected chi connectivity index (χ2v) is 5.25. The summed E-state index contributed by atoms with van der Waals surface area (Å²) in [6.45, 7) is 4.92. The minimum atomic E-state index is -0.243. The van der Waals surface area contributed by atoms with Crippen LogP contribution in [0.1, 0.15) is 6.92 Å². The number of rotatable bonds is 2. The smallest absolute Gasteiger partial charge is 0.409 e. The third kappa shape index (κ3) is 2.64. The number of carbonyl (C=O) groups excluding carboxylic acids is 1. The molecule has 22 heavy (non-hydrogen) atoms. The highest BCUT2D eigenvalue weighted by molar-refractivity contribution is 6.01. The first-order valence-electron chi connectivity index (χ1n) is 7.50. The standard InChI is InChI=1S/C16H20N4O2/c1-2-22-16(21)20-10-8-19(9-11-20)15-14-12(6-7-18-15)4-3-5-13(14)17/h3-7H,2,8-11,17H2,1H3. The number of nitrogen functional groups attached to an aromatic ring is 1. The second-order valence-electron chi connectivity index (χ2n) is 5.25. The third-order valence-electron chi connectivity index (χ3n) is 3.91. The van der Waals surface area contributed by atoms with Gasteiger partial charge in [0.25, 0.3) is 0 Å². The summed E-state index contributed by atoms with van der Waals surface area (Å²) in [5.74, 6) is 0.888. The number of nitrogens with two attached hydrogens (primary N) is 1. The van der Waals surface area contributed by atoms with Crippen molar-refractivity contribution in [1.29, 1.82) is 0 Å². The average Bonchev–Trinajstić information content (AvgIpc) is 2.55. The summed E-state index contributed by atoms with van der Waals surface area (Å²) >= 11 is 0. The van der Waals surface area contributed by atoms with Crippen molar-refractivity contribution in [2.45, 2.75) is 6.92 Å². The monoisotopic (exact) mass is 300 g/mol. The van der Waals surface area contributed by atoms with Gasteiger partial charge in [-0.25, -0.2) is 9.78 Å². The molecule has 0 unspecified atom stereocenters. The number of pyridine rings is 1. The van der Waals surface area contributed by atoms with Gasteiger partial charge in [0.15, 0.2) is 0 Å². The van der Waals surface area contributed by atoms with Crippen molar-refractivity contribution in [1.82, 2.24) is 9.88 Å². The molecule has 1 saturated heterocycles. The van der Waals surface area contributed by atoms with E-state index in [1.807, 2.05) is 31.2 Å². The van der Waals surface area contributed by atoms with Crippen LogP contribution >= 0.6 is 0 Å². The van der Waals surface area contributed by atoms with Gasteiger partial charge >= 0.3 is 6.09 Å². The van der Waals surface area contributed by atoms with Crippen molar-refractivity contribution in [2.75, 3.05) is 43.4 Å². The maximum Gasteiger partial charge on any atom is 0.409 e. The highest BCUT2D eigenvalue weighted by Crippen LogP contribution is 2.30. The van der Waals surface area contributed by atoms with Gasteiger partial charge in [-0.15, -0.1) is 0 Å². The summed E-state index contributed by atoms with van der Waals surface area (Å²) < 4.78 is 5.04. The van der Waals surface area contributed by atoms with Gasteiger partial charge < -0.3 is 20.3 Å². The Bertz CT molecular complexity index is 676. The van der Waals surface area contributed by atoms with E-state index in [-0.39, 0.29) is 6.09 Å². The molecule has 3 rings (SSSR count). The maximum absolute atomic E-state index is 11.8. The molecule has 2 aromatic rings. The first-order valence-corrected chi connectivity index (χ1v) is 7.50. The summed E-state index contributed by atoms with van der Waals surface area (Å²) in [5, 5.41) is 2.06. The van der Waals surface area contributed by atoms with Crippen molar-refractivity contribution < 1.29 is 9.53 Å². The van der Waals surface area contributed by atoms with Gasteiger partial charge in [-0.05, 0) is 24.4 Å². The number of aromatic nitrogens is 1. The number of fused-ring (bicyclic) bond motifs is 1. The lowest BCUT2D eigenvalue weighted by Crippen LogP contribution is -2.49. The predicted octanol–water partition coefficient (Wildman–Crippen LogP) is 2.10. The Morgan fingerprint density at radius 3 is 2.77 bits per heavy atom. The zero-order chi connectivity index (χ0) is 15.5. The van der Waals surface area contributed by atoms with Crippen LogP contribution in [-0.2, 0) is 4.74 Å². The van der Waals surface area contributed by atoms with E-state index in [0.29, 0.717) is 19.7 Å². The lowest BCUT2D eigenvalue weighted by molar-refractivity contribution is 0.105. The molecule has 0 saturated carbocycles. The molecule has 1 aromatic carbocycles. The number of benzene rings is 1. The normalized spacial score (nSPS) is 15.1. The first-order chi connectivity index (χ1) is 10.7. The Balaban J connectivity index is 1.81. The lowest BCUT2D eigenvalue weighted by atomic mass is 10.1. The van der Waals surface area contributed by atoms with Gasteiger partial charge in [0.1, 0.15) is 5.82 Å². The molecule has 0 bridgehead atoms. The largest absolute Gasteiger partial charge is 0.450 e. The number of hydrogen-bond acceptors (Lipinski definition) is 5. The summed E-state index contributed by atoms with van der Waals surface area (Å²) in [6, 6.07) is 7.83. The van der Waals surface area contributed by atoms with E-state index in [2.05, 4.69) is 9.88 Å². The molecule has 1 aromatic heterocycles. The number of amides is 1. The fourth-order valence-corrected chi connectivity index (χ4v) is 2.79. The van der Waals surface area contributed by atoms with Crippen molar-refractivity contribution in [3.8, 4) is 0 Å². The summed E-state index contributed by atoms with van der Waals surface area (Å²) in [4.78, 5) is 20.2. The fraction of sp³-hybridized carbons (Fsp3) is 0.375. The average molecular weight is 300 g/mol. The van der Waals surface area contributed by atoms with Gasteiger partial charge in [0.2, 0.25) is 0 Å². The predicted molar refractivity (Wildman–Crippen MR) is 87.0 cm³/mol. The van der Waals surface area contributed by atoms with E-state index < -0.39 is 0 Å². The van der Waals surface area contributed by atoms with Crippen molar-refractivity contribution in [2.24, 2.45) is 0 Å². The van der Waals surface area contributed by atoms with Crippen LogP contribution in [0, 0.1) is 0 Å². The zero-order valence-electron chi connectivity index (χ0n) is 12.7. The molecule has 0 atom stereocenters. The highest BCUT2D eigenvalue weighted by atomic mass is 16.6. The van der Waals surface area contributed by atoms with Crippen LogP contribution in [0.15, 0.2) is 30.5 Å². The van der Waals surface area contributed by atoms with Crippen LogP contribution in [-0.4, -0.2) is 48.8 Å². The Morgan fingerprint density at radius 1 is 1.27 bits per heavy atom. The summed E-state index contributed by atoms with van der Waals surface area (Å²) in [7, 11) is 0. The molecular formula is C16H20N4O2. The number of anilines is 2. The summed E-state index contributed by atoms with van der Waals surface area (Å²) in [5.41, 5.74) is 6.86. The van der Waals surface area contributed by atoms with Gasteiger partial charge in [-0.3, -0.25) is 0 Å². The molecule has 6 heteroatoms. The zero-order valence-corrected chi connectivity index (χ0v) is 12.7. The SMILES string of the molecule is CCOC(=O)N1CCN(c2nccc3cccc(N)c23)CC1. The molecule has 2 heterocycles. The molecule has 1 amide bonds. The molecule has 0 spiro atoms. The van der Waals surface area contributed by atoms with Gasteiger partial charge in [-0.1, -0.05) is 12.1 Å². The minimum Gasteiger partial charge on any atom is -0.450 e. The molecule has 1 aliphatic rings. The van der Waals surface area contributed by atoms with Crippen molar-refractivity contribution >= 4 is 28.4 Å². The Hall–Kier alpha value is -2.50. The van der Waals surface area contributed by atoms with Crippen molar-refractivity contribution in [3.63, 3.8) is 0 Å². The Kier molecular flexibility index (Phi) is 4.00. The first kappa shape index (κ1) is 14.4. The van der Waals surface area contributed by atoms with Crippen LogP contribution < -0.4 is 10.6 Å². The summed E-state index contributed by atoms with van der Waals surface area (Å²) in [6.07, 6.45) is 1.56. The van der Waals surface area contributed by atoms with E-state index in [1.165, 1.54) is 0 Å². The Morgan fingerprint density at radius 2 is 2.05 bits per heavy atom. The van der Waals surface area contributed by atoms with E-state index >= 15 is 0 Å². The topological polar surface area (TPSA) is 71.7 Å². The molecule has 6 nitrogen and oxygen atoms in total. The second kappa shape index (κ2) is 6.09. The van der Waals surface area contributed by atoms with Crippen LogP contribution in [0.3, 0.4) is 0 Å². The molecule has 0 aliphatic carbocycles. The molecule has 0 radical (unpaired) electrons. The van der Waals surface area contributed by atoms with Gasteiger partial charge in [0, 0.05) is 43.4 Å². The van der Waals surface area contributed by atoms with E-state index in [0.717, 1.165) is 35.4 Å². The number of hydrogen-bond donors (Lipinski definition) is 1. The maximum atomic E-state index is 11.8. The molecule has 1 fully saturated rings. The van der Waals surface area contributed by atoms with E-state index in [1.54, 1.807) is 11.1 Å². The minimum absolute atomic E-state index is 0.243.